The van der Waals surface area contributed by atoms with Crippen molar-refractivity contribution in [2.75, 3.05) is 12.8 Å². The summed E-state index contributed by atoms with van der Waals surface area (Å²) in [4.78, 5) is 0. The summed E-state index contributed by atoms with van der Waals surface area (Å²) in [6.45, 7) is 0. The van der Waals surface area contributed by atoms with Crippen LogP contribution < -0.4 is 10.5 Å². The number of nitrogens with two attached hydrogens (primary N) is 1. The third kappa shape index (κ3) is 2.06. The summed E-state index contributed by atoms with van der Waals surface area (Å²) in [6.07, 6.45) is 0. The number of halogens is 2. The van der Waals surface area contributed by atoms with Crippen molar-refractivity contribution < 1.29 is 13.5 Å². The zero-order valence-electron chi connectivity index (χ0n) is 9.21. The summed E-state index contributed by atoms with van der Waals surface area (Å²) in [7, 11) is 1.45. The molecule has 0 saturated heterocycles. The van der Waals surface area contributed by atoms with E-state index in [-0.39, 0.29) is 5.56 Å². The molecule has 4 heteroatoms. The summed E-state index contributed by atoms with van der Waals surface area (Å²) in [6, 6.07) is 8.36. The van der Waals surface area contributed by atoms with Crippen molar-refractivity contribution in [2.24, 2.45) is 0 Å². The summed E-state index contributed by atoms with van der Waals surface area (Å²) < 4.78 is 32.1. The van der Waals surface area contributed by atoms with Gasteiger partial charge in [-0.1, -0.05) is 12.1 Å². The predicted molar refractivity (Wildman–Crippen MR) is 62.8 cm³/mol. The third-order valence-electron chi connectivity index (χ3n) is 2.48. The Labute approximate surface area is 97.6 Å². The lowest BCUT2D eigenvalue weighted by atomic mass is 10.0. The molecule has 0 aliphatic carbocycles. The Hall–Kier alpha value is -2.10. The highest BCUT2D eigenvalue weighted by Gasteiger charge is 2.12. The van der Waals surface area contributed by atoms with E-state index < -0.39 is 11.6 Å². The molecule has 0 aliphatic heterocycles. The maximum atomic E-state index is 13.6. The molecule has 0 aromatic heterocycles. The van der Waals surface area contributed by atoms with Crippen molar-refractivity contribution in [3.63, 3.8) is 0 Å². The van der Waals surface area contributed by atoms with Crippen LogP contribution in [-0.4, -0.2) is 7.11 Å². The molecule has 17 heavy (non-hydrogen) atoms. The number of nitrogen functional groups attached to an aromatic ring is 1. The van der Waals surface area contributed by atoms with E-state index in [0.717, 1.165) is 0 Å². The van der Waals surface area contributed by atoms with Crippen molar-refractivity contribution in [1.29, 1.82) is 0 Å². The van der Waals surface area contributed by atoms with Gasteiger partial charge in [-0.05, 0) is 29.8 Å². The average molecular weight is 235 g/mol. The summed E-state index contributed by atoms with van der Waals surface area (Å²) >= 11 is 0. The molecule has 0 atom stereocenters. The van der Waals surface area contributed by atoms with Gasteiger partial charge in [-0.2, -0.15) is 0 Å². The fourth-order valence-electron chi connectivity index (χ4n) is 1.64. The average Bonchev–Trinajstić information content (AvgIpc) is 2.31. The van der Waals surface area contributed by atoms with Crippen LogP contribution in [-0.2, 0) is 0 Å². The zero-order valence-corrected chi connectivity index (χ0v) is 9.21. The first kappa shape index (κ1) is 11.4. The van der Waals surface area contributed by atoms with E-state index in [1.54, 1.807) is 12.1 Å². The van der Waals surface area contributed by atoms with E-state index in [0.29, 0.717) is 17.0 Å². The molecule has 0 heterocycles. The molecule has 0 amide bonds. The minimum Gasteiger partial charge on any atom is -0.495 e. The first-order chi connectivity index (χ1) is 8.13. The Balaban J connectivity index is 2.61. The first-order valence-corrected chi connectivity index (χ1v) is 5.01. The van der Waals surface area contributed by atoms with Gasteiger partial charge in [0.2, 0.25) is 0 Å². The Morgan fingerprint density at radius 1 is 1.06 bits per heavy atom. The third-order valence-corrected chi connectivity index (χ3v) is 2.48. The smallest absolute Gasteiger partial charge is 0.142 e. The summed E-state index contributed by atoms with van der Waals surface area (Å²) in [5.74, 6) is -0.834. The maximum absolute atomic E-state index is 13.6. The van der Waals surface area contributed by atoms with Crippen molar-refractivity contribution in [1.82, 2.24) is 0 Å². The fraction of sp³-hybridized carbons (Fsp3) is 0.0769. The van der Waals surface area contributed by atoms with Crippen molar-refractivity contribution in [3.05, 3.63) is 48.0 Å². The number of benzene rings is 2. The van der Waals surface area contributed by atoms with Crippen molar-refractivity contribution >= 4 is 5.69 Å². The van der Waals surface area contributed by atoms with Gasteiger partial charge in [0, 0.05) is 0 Å². The monoisotopic (exact) mass is 235 g/mol. The quantitative estimate of drug-likeness (QED) is 0.811. The number of rotatable bonds is 2. The lowest BCUT2D eigenvalue weighted by molar-refractivity contribution is 0.417. The van der Waals surface area contributed by atoms with Gasteiger partial charge in [0.05, 0.1) is 18.4 Å². The lowest BCUT2D eigenvalue weighted by Gasteiger charge is -2.09. The normalized spacial score (nSPS) is 10.3. The van der Waals surface area contributed by atoms with Crippen LogP contribution >= 0.6 is 0 Å². The number of hydrogen-bond donors (Lipinski definition) is 1. The highest BCUT2D eigenvalue weighted by atomic mass is 19.1. The number of methoxy groups -OCH3 is 1. The van der Waals surface area contributed by atoms with Crippen LogP contribution in [0.5, 0.6) is 5.75 Å². The highest BCUT2D eigenvalue weighted by Crippen LogP contribution is 2.31. The molecular weight excluding hydrogens is 224 g/mol. The Morgan fingerprint density at radius 3 is 2.29 bits per heavy atom. The van der Waals surface area contributed by atoms with Gasteiger partial charge < -0.3 is 10.5 Å². The van der Waals surface area contributed by atoms with Crippen molar-refractivity contribution in [3.8, 4) is 16.9 Å². The van der Waals surface area contributed by atoms with Crippen LogP contribution in [0, 0.1) is 11.6 Å². The lowest BCUT2D eigenvalue weighted by Crippen LogP contribution is -1.94. The highest BCUT2D eigenvalue weighted by molar-refractivity contribution is 5.70. The Bertz CT molecular complexity index is 535. The molecule has 0 radical (unpaired) electrons. The van der Waals surface area contributed by atoms with E-state index in [1.165, 1.54) is 31.4 Å². The molecule has 2 aromatic carbocycles. The minimum atomic E-state index is -0.614. The van der Waals surface area contributed by atoms with Gasteiger partial charge in [-0.15, -0.1) is 0 Å². The van der Waals surface area contributed by atoms with Crippen LogP contribution in [0.15, 0.2) is 36.4 Å². The molecule has 0 unspecified atom stereocenters. The fourth-order valence-corrected chi connectivity index (χ4v) is 1.64. The SMILES string of the molecule is COc1cc(-c2c(F)cccc2F)ccc1N. The molecule has 2 N–H and O–H groups in total. The topological polar surface area (TPSA) is 35.2 Å². The zero-order chi connectivity index (χ0) is 12.4. The molecule has 88 valence electrons. The van der Waals surface area contributed by atoms with Crippen molar-refractivity contribution in [2.45, 2.75) is 0 Å². The van der Waals surface area contributed by atoms with Crippen LogP contribution in [0.25, 0.3) is 11.1 Å². The van der Waals surface area contributed by atoms with Crippen LogP contribution in [0.4, 0.5) is 14.5 Å². The molecule has 2 nitrogen and oxygen atoms in total. The Kier molecular flexibility index (Phi) is 2.95. The molecule has 2 rings (SSSR count). The molecule has 0 bridgehead atoms. The van der Waals surface area contributed by atoms with Gasteiger partial charge in [0.25, 0.3) is 0 Å². The van der Waals surface area contributed by atoms with Gasteiger partial charge in [-0.25, -0.2) is 8.78 Å². The molecule has 0 saturated carbocycles. The minimum absolute atomic E-state index is 0.0780. The van der Waals surface area contributed by atoms with Crippen LogP contribution in [0.3, 0.4) is 0 Å². The number of ether oxygens (including phenoxy) is 1. The van der Waals surface area contributed by atoms with Gasteiger partial charge in [-0.3, -0.25) is 0 Å². The van der Waals surface area contributed by atoms with Gasteiger partial charge in [0.1, 0.15) is 17.4 Å². The Morgan fingerprint density at radius 2 is 1.71 bits per heavy atom. The molecule has 2 aromatic rings. The molecule has 0 fully saturated rings. The second-order valence-electron chi connectivity index (χ2n) is 3.55. The summed E-state index contributed by atoms with van der Waals surface area (Å²) in [5.41, 5.74) is 6.38. The van der Waals surface area contributed by atoms with E-state index in [4.69, 9.17) is 10.5 Å². The predicted octanol–water partition coefficient (Wildman–Crippen LogP) is 3.22. The molecular formula is C13H11F2NO. The van der Waals surface area contributed by atoms with E-state index in [9.17, 15) is 8.78 Å². The van der Waals surface area contributed by atoms with Gasteiger partial charge >= 0.3 is 0 Å². The standard InChI is InChI=1S/C13H11F2NO/c1-17-12-7-8(5-6-11(12)16)13-9(14)3-2-4-10(13)15/h2-7H,16H2,1H3. The second kappa shape index (κ2) is 4.41. The van der Waals surface area contributed by atoms with Crippen LogP contribution in [0.1, 0.15) is 0 Å². The van der Waals surface area contributed by atoms with E-state index >= 15 is 0 Å². The molecule has 0 spiro atoms. The maximum Gasteiger partial charge on any atom is 0.142 e. The van der Waals surface area contributed by atoms with E-state index in [1.807, 2.05) is 0 Å². The second-order valence-corrected chi connectivity index (χ2v) is 3.55. The first-order valence-electron chi connectivity index (χ1n) is 5.01. The van der Waals surface area contributed by atoms with E-state index in [2.05, 4.69) is 0 Å². The largest absolute Gasteiger partial charge is 0.495 e. The van der Waals surface area contributed by atoms with Crippen LogP contribution in [0.2, 0.25) is 0 Å². The van der Waals surface area contributed by atoms with Gasteiger partial charge in [0.15, 0.2) is 0 Å². The summed E-state index contributed by atoms with van der Waals surface area (Å²) in [5, 5.41) is 0. The molecule has 0 aliphatic rings. The number of anilines is 1. The number of hydrogen-bond acceptors (Lipinski definition) is 2.